The summed E-state index contributed by atoms with van der Waals surface area (Å²) in [6.07, 6.45) is 2.10. The summed E-state index contributed by atoms with van der Waals surface area (Å²) in [6, 6.07) is 6.31. The predicted molar refractivity (Wildman–Crippen MR) is 70.7 cm³/mol. The van der Waals surface area contributed by atoms with Gasteiger partial charge in [0.2, 0.25) is 0 Å². The first-order valence-corrected chi connectivity index (χ1v) is 6.86. The van der Waals surface area contributed by atoms with Gasteiger partial charge in [0.15, 0.2) is 0 Å². The molecule has 0 spiro atoms. The molecule has 1 nitrogen and oxygen atoms in total. The summed E-state index contributed by atoms with van der Waals surface area (Å²) in [6.45, 7) is 0. The Bertz CT molecular complexity index is 450. The number of anilines is 1. The Labute approximate surface area is 98.8 Å². The highest BCUT2D eigenvalue weighted by molar-refractivity contribution is 14.1. The lowest BCUT2D eigenvalue weighted by Crippen LogP contribution is -1.76. The van der Waals surface area contributed by atoms with Gasteiger partial charge in [-0.3, -0.25) is 0 Å². The Balaban J connectivity index is 2.82. The van der Waals surface area contributed by atoms with Crippen LogP contribution in [0.1, 0.15) is 0 Å². The summed E-state index contributed by atoms with van der Waals surface area (Å²) in [5.41, 5.74) is 5.77. The van der Waals surface area contributed by atoms with Gasteiger partial charge < -0.3 is 5.73 Å². The second-order valence-corrected chi connectivity index (χ2v) is 5.71. The Morgan fingerprint density at radius 1 is 1.46 bits per heavy atom. The number of nitrogen functional groups attached to an aromatic ring is 1. The van der Waals surface area contributed by atoms with Crippen LogP contribution in [0.4, 0.5) is 5.00 Å². The van der Waals surface area contributed by atoms with Gasteiger partial charge in [-0.05, 0) is 46.4 Å². The molecule has 2 rings (SSSR count). The second kappa shape index (κ2) is 3.67. The van der Waals surface area contributed by atoms with Crippen LogP contribution in [0.25, 0.3) is 10.1 Å². The van der Waals surface area contributed by atoms with Gasteiger partial charge in [0.1, 0.15) is 0 Å². The van der Waals surface area contributed by atoms with Crippen molar-refractivity contribution in [2.75, 3.05) is 12.0 Å². The Morgan fingerprint density at radius 2 is 2.23 bits per heavy atom. The highest BCUT2D eigenvalue weighted by Gasteiger charge is 2.07. The molecule has 68 valence electrons. The fourth-order valence-corrected chi connectivity index (χ4v) is 4.37. The van der Waals surface area contributed by atoms with Crippen LogP contribution in [0.5, 0.6) is 0 Å². The molecule has 13 heavy (non-hydrogen) atoms. The highest BCUT2D eigenvalue weighted by atomic mass is 127. The van der Waals surface area contributed by atoms with Crippen LogP contribution in [0, 0.1) is 3.57 Å². The predicted octanol–water partition coefficient (Wildman–Crippen LogP) is 3.81. The topological polar surface area (TPSA) is 26.0 Å². The van der Waals surface area contributed by atoms with Gasteiger partial charge in [-0.1, -0.05) is 6.07 Å². The van der Waals surface area contributed by atoms with Crippen molar-refractivity contribution in [3.8, 4) is 0 Å². The van der Waals surface area contributed by atoms with Crippen LogP contribution in [0.15, 0.2) is 23.1 Å². The molecule has 0 aliphatic rings. The van der Waals surface area contributed by atoms with E-state index in [1.54, 1.807) is 23.1 Å². The maximum Gasteiger partial charge on any atom is 0.0869 e. The molecule has 1 aromatic heterocycles. The SMILES string of the molecule is CSc1c(I)ccc2cc(N)sc12. The van der Waals surface area contributed by atoms with Crippen LogP contribution < -0.4 is 5.73 Å². The Kier molecular flexibility index (Phi) is 2.71. The van der Waals surface area contributed by atoms with Crippen LogP contribution in [-0.4, -0.2) is 6.26 Å². The minimum atomic E-state index is 0.896. The number of halogens is 1. The van der Waals surface area contributed by atoms with E-state index in [-0.39, 0.29) is 0 Å². The summed E-state index contributed by atoms with van der Waals surface area (Å²) < 4.78 is 2.62. The molecule has 2 aromatic rings. The third-order valence-electron chi connectivity index (χ3n) is 1.82. The Hall–Kier alpha value is 0.0600. The third-order valence-corrected chi connectivity index (χ3v) is 5.04. The average Bonchev–Trinajstić information content (AvgIpc) is 2.45. The van der Waals surface area contributed by atoms with Crippen molar-refractivity contribution in [2.45, 2.75) is 4.90 Å². The van der Waals surface area contributed by atoms with Crippen molar-refractivity contribution >= 4 is 60.8 Å². The minimum Gasteiger partial charge on any atom is -0.391 e. The van der Waals surface area contributed by atoms with Crippen molar-refractivity contribution in [1.82, 2.24) is 0 Å². The molecular weight excluding hydrogens is 313 g/mol. The van der Waals surface area contributed by atoms with Gasteiger partial charge in [0.25, 0.3) is 0 Å². The fraction of sp³-hybridized carbons (Fsp3) is 0.111. The van der Waals surface area contributed by atoms with E-state index in [0.717, 1.165) is 5.00 Å². The number of nitrogens with two attached hydrogens (primary N) is 1. The first kappa shape index (κ1) is 9.61. The smallest absolute Gasteiger partial charge is 0.0869 e. The zero-order chi connectivity index (χ0) is 9.42. The van der Waals surface area contributed by atoms with E-state index >= 15 is 0 Å². The maximum atomic E-state index is 5.77. The fourth-order valence-electron chi connectivity index (χ4n) is 1.26. The molecular formula is C9H8INS2. The molecule has 1 aromatic carbocycles. The number of hydrogen-bond acceptors (Lipinski definition) is 3. The van der Waals surface area contributed by atoms with Crippen molar-refractivity contribution in [1.29, 1.82) is 0 Å². The van der Waals surface area contributed by atoms with E-state index in [0.29, 0.717) is 0 Å². The molecule has 1 heterocycles. The molecule has 2 N–H and O–H groups in total. The molecule has 0 unspecified atom stereocenters. The van der Waals surface area contributed by atoms with Gasteiger partial charge in [-0.25, -0.2) is 0 Å². The quantitative estimate of drug-likeness (QED) is 0.638. The van der Waals surface area contributed by atoms with Crippen molar-refractivity contribution in [2.24, 2.45) is 0 Å². The number of thioether (sulfide) groups is 1. The molecule has 0 fully saturated rings. The molecule has 0 bridgehead atoms. The summed E-state index contributed by atoms with van der Waals surface area (Å²) >= 11 is 5.82. The first-order chi connectivity index (χ1) is 6.22. The molecule has 0 saturated heterocycles. The van der Waals surface area contributed by atoms with Crippen LogP contribution in [0.3, 0.4) is 0 Å². The summed E-state index contributed by atoms with van der Waals surface area (Å²) in [7, 11) is 0. The molecule has 4 heteroatoms. The lowest BCUT2D eigenvalue weighted by atomic mass is 10.3. The van der Waals surface area contributed by atoms with Gasteiger partial charge in [0, 0.05) is 8.47 Å². The van der Waals surface area contributed by atoms with Gasteiger partial charge in [0.05, 0.1) is 9.70 Å². The number of thiophene rings is 1. The highest BCUT2D eigenvalue weighted by Crippen LogP contribution is 2.37. The first-order valence-electron chi connectivity index (χ1n) is 3.74. The summed E-state index contributed by atoms with van der Waals surface area (Å²) in [4.78, 5) is 1.35. The zero-order valence-corrected chi connectivity index (χ0v) is 10.8. The molecule has 0 aliphatic heterocycles. The van der Waals surface area contributed by atoms with E-state index in [1.165, 1.54) is 18.6 Å². The monoisotopic (exact) mass is 321 g/mol. The molecule has 0 saturated carbocycles. The number of benzene rings is 1. The number of hydrogen-bond donors (Lipinski definition) is 1. The van der Waals surface area contributed by atoms with Crippen molar-refractivity contribution < 1.29 is 0 Å². The minimum absolute atomic E-state index is 0.896. The molecule has 0 radical (unpaired) electrons. The van der Waals surface area contributed by atoms with E-state index in [9.17, 15) is 0 Å². The van der Waals surface area contributed by atoms with Crippen LogP contribution in [0.2, 0.25) is 0 Å². The molecule has 0 amide bonds. The largest absolute Gasteiger partial charge is 0.391 e. The maximum absolute atomic E-state index is 5.77. The number of fused-ring (bicyclic) bond motifs is 1. The summed E-state index contributed by atoms with van der Waals surface area (Å²) in [5, 5.41) is 2.15. The third kappa shape index (κ3) is 1.67. The van der Waals surface area contributed by atoms with Gasteiger partial charge >= 0.3 is 0 Å². The summed E-state index contributed by atoms with van der Waals surface area (Å²) in [5.74, 6) is 0. The van der Waals surface area contributed by atoms with E-state index in [4.69, 9.17) is 5.73 Å². The van der Waals surface area contributed by atoms with Crippen LogP contribution >= 0.6 is 45.7 Å². The van der Waals surface area contributed by atoms with Crippen molar-refractivity contribution in [3.63, 3.8) is 0 Å². The standard InChI is InChI=1S/C9H8INS2/c1-12-9-6(10)3-2-5-4-7(11)13-8(5)9/h2-4H,11H2,1H3. The normalized spacial score (nSPS) is 10.9. The van der Waals surface area contributed by atoms with Crippen molar-refractivity contribution in [3.05, 3.63) is 21.8 Å². The van der Waals surface area contributed by atoms with E-state index in [2.05, 4.69) is 41.0 Å². The van der Waals surface area contributed by atoms with Gasteiger partial charge in [-0.2, -0.15) is 0 Å². The average molecular weight is 321 g/mol. The van der Waals surface area contributed by atoms with Crippen LogP contribution in [-0.2, 0) is 0 Å². The molecule has 0 atom stereocenters. The zero-order valence-electron chi connectivity index (χ0n) is 7.00. The van der Waals surface area contributed by atoms with Gasteiger partial charge in [-0.15, -0.1) is 23.1 Å². The van der Waals surface area contributed by atoms with E-state index in [1.807, 2.05) is 6.07 Å². The van der Waals surface area contributed by atoms with E-state index < -0.39 is 0 Å². The molecule has 0 aliphatic carbocycles. The second-order valence-electron chi connectivity index (χ2n) is 2.65. The lowest BCUT2D eigenvalue weighted by molar-refractivity contribution is 1.51. The Morgan fingerprint density at radius 3 is 2.92 bits per heavy atom. The number of rotatable bonds is 1. The lowest BCUT2D eigenvalue weighted by Gasteiger charge is -2.00.